The van der Waals surface area contributed by atoms with Crippen LogP contribution < -0.4 is 16.0 Å². The van der Waals surface area contributed by atoms with E-state index in [0.29, 0.717) is 23.5 Å². The maximum atomic E-state index is 12.1. The summed E-state index contributed by atoms with van der Waals surface area (Å²) in [4.78, 5) is 30.2. The predicted molar refractivity (Wildman–Crippen MR) is 142 cm³/mol. The van der Waals surface area contributed by atoms with Gasteiger partial charge >= 0.3 is 6.03 Å². The van der Waals surface area contributed by atoms with Crippen molar-refractivity contribution in [1.29, 1.82) is 0 Å². The van der Waals surface area contributed by atoms with Crippen molar-refractivity contribution in [1.82, 2.24) is 30.6 Å². The van der Waals surface area contributed by atoms with Crippen molar-refractivity contribution >= 4 is 32.7 Å². The summed E-state index contributed by atoms with van der Waals surface area (Å²) in [6, 6.07) is 8.46. The number of hydrogen-bond donors (Lipinski definition) is 4. The Kier molecular flexibility index (Phi) is 6.65. The largest absolute Gasteiger partial charge is 0.382 e. The Morgan fingerprint density at radius 2 is 1.92 bits per heavy atom. The highest BCUT2D eigenvalue weighted by atomic mass is 32.1. The molecular formula is C26H29N7O2S. The van der Waals surface area contributed by atoms with Crippen molar-refractivity contribution in [2.24, 2.45) is 0 Å². The molecule has 1 aliphatic rings. The van der Waals surface area contributed by atoms with Gasteiger partial charge in [0.15, 0.2) is 11.0 Å². The maximum Gasteiger partial charge on any atom is 0.321 e. The van der Waals surface area contributed by atoms with E-state index in [4.69, 9.17) is 0 Å². The van der Waals surface area contributed by atoms with Crippen LogP contribution in [0.15, 0.2) is 42.9 Å². The van der Waals surface area contributed by atoms with Crippen LogP contribution in [0.1, 0.15) is 45.0 Å². The molecule has 5 rings (SSSR count). The molecule has 1 aliphatic carbocycles. The quantitative estimate of drug-likeness (QED) is 0.280. The summed E-state index contributed by atoms with van der Waals surface area (Å²) in [5, 5.41) is 19.8. The number of anilines is 1. The number of nitrogens with one attached hydrogen (secondary N) is 3. The molecule has 0 radical (unpaired) electrons. The Hall–Kier alpha value is -3.47. The lowest BCUT2D eigenvalue weighted by Crippen LogP contribution is -2.28. The summed E-state index contributed by atoms with van der Waals surface area (Å²) in [5.74, 6) is 0.354. The Labute approximate surface area is 213 Å². The number of nitrogens with zero attached hydrogens (tertiary/aromatic N) is 4. The Morgan fingerprint density at radius 1 is 1.14 bits per heavy atom. The fourth-order valence-electron chi connectivity index (χ4n) is 3.82. The van der Waals surface area contributed by atoms with Crippen LogP contribution in [-0.4, -0.2) is 43.7 Å². The van der Waals surface area contributed by atoms with Gasteiger partial charge in [0.2, 0.25) is 0 Å². The lowest BCUT2D eigenvalue weighted by Gasteiger charge is -2.15. The minimum Gasteiger partial charge on any atom is -0.382 e. The van der Waals surface area contributed by atoms with Crippen LogP contribution in [-0.2, 0) is 12.1 Å². The second kappa shape index (κ2) is 9.88. The SMILES string of the molecule is CCNC(=O)Nc1nc2cc(-c3cnc(C(C)(C)O)nc3)cc(-c3cc(CNC4CC4)ccn3)c2s1. The van der Waals surface area contributed by atoms with Gasteiger partial charge in [-0.15, -0.1) is 0 Å². The number of fused-ring (bicyclic) bond motifs is 1. The van der Waals surface area contributed by atoms with E-state index in [-0.39, 0.29) is 6.03 Å². The van der Waals surface area contributed by atoms with E-state index >= 15 is 0 Å². The van der Waals surface area contributed by atoms with Crippen molar-refractivity contribution in [3.8, 4) is 22.4 Å². The Bertz CT molecular complexity index is 1390. The average molecular weight is 504 g/mol. The van der Waals surface area contributed by atoms with Gasteiger partial charge in [-0.05, 0) is 69.0 Å². The molecule has 1 fully saturated rings. The van der Waals surface area contributed by atoms with Crippen molar-refractivity contribution in [2.45, 2.75) is 51.8 Å². The maximum absolute atomic E-state index is 12.1. The fraction of sp³-hybridized carbons (Fsp3) is 0.346. The molecule has 9 nitrogen and oxygen atoms in total. The number of carbonyl (C=O) groups is 1. The lowest BCUT2D eigenvalue weighted by molar-refractivity contribution is 0.0687. The first-order valence-corrected chi connectivity index (χ1v) is 12.8. The molecule has 0 bridgehead atoms. The number of aliphatic hydroxyl groups is 1. The summed E-state index contributed by atoms with van der Waals surface area (Å²) >= 11 is 1.41. The zero-order chi connectivity index (χ0) is 25.3. The third-order valence-corrected chi connectivity index (χ3v) is 6.87. The number of carbonyl (C=O) groups excluding carboxylic acids is 1. The highest BCUT2D eigenvalue weighted by Gasteiger charge is 2.21. The predicted octanol–water partition coefficient (Wildman–Crippen LogP) is 4.44. The van der Waals surface area contributed by atoms with Crippen LogP contribution >= 0.6 is 11.3 Å². The summed E-state index contributed by atoms with van der Waals surface area (Å²) in [5.41, 5.74) is 4.20. The van der Waals surface area contributed by atoms with Gasteiger partial charge in [-0.2, -0.15) is 0 Å². The monoisotopic (exact) mass is 503 g/mol. The normalized spacial score (nSPS) is 13.7. The topological polar surface area (TPSA) is 125 Å². The number of hydrogen-bond acceptors (Lipinski definition) is 8. The van der Waals surface area contributed by atoms with Gasteiger partial charge in [0.25, 0.3) is 0 Å². The molecule has 186 valence electrons. The second-order valence-electron chi connectivity index (χ2n) is 9.43. The number of benzene rings is 1. The van der Waals surface area contributed by atoms with Crippen LogP contribution in [0.3, 0.4) is 0 Å². The molecule has 36 heavy (non-hydrogen) atoms. The summed E-state index contributed by atoms with van der Waals surface area (Å²) in [6.45, 7) is 6.49. The molecule has 0 atom stereocenters. The summed E-state index contributed by atoms with van der Waals surface area (Å²) < 4.78 is 0.930. The smallest absolute Gasteiger partial charge is 0.321 e. The van der Waals surface area contributed by atoms with Crippen molar-refractivity contribution < 1.29 is 9.90 Å². The van der Waals surface area contributed by atoms with Crippen LogP contribution in [0.4, 0.5) is 9.93 Å². The Morgan fingerprint density at radius 3 is 2.61 bits per heavy atom. The number of thiazole rings is 1. The van der Waals surface area contributed by atoms with Crippen LogP contribution in [0.25, 0.3) is 32.6 Å². The van der Waals surface area contributed by atoms with E-state index in [9.17, 15) is 9.90 Å². The molecule has 1 aromatic carbocycles. The molecule has 0 spiro atoms. The van der Waals surface area contributed by atoms with Crippen LogP contribution in [0.5, 0.6) is 0 Å². The fourth-order valence-corrected chi connectivity index (χ4v) is 4.78. The van der Waals surface area contributed by atoms with Gasteiger partial charge in [0, 0.05) is 48.8 Å². The standard InChI is InChI=1S/C26H29N7O2S/c1-4-27-24(34)33-25-32-21-11-16(17-13-30-23(31-14-17)26(2,3)35)10-19(22(21)36-25)20-9-15(7-8-28-20)12-29-18-5-6-18/h7-11,13-14,18,29,35H,4-6,12H2,1-3H3,(H2,27,32,33,34). The van der Waals surface area contributed by atoms with Gasteiger partial charge in [-0.3, -0.25) is 10.3 Å². The number of rotatable bonds is 8. The average Bonchev–Trinajstić information content (AvgIpc) is 3.60. The van der Waals surface area contributed by atoms with Gasteiger partial charge in [0.05, 0.1) is 15.9 Å². The van der Waals surface area contributed by atoms with E-state index in [1.807, 2.05) is 25.3 Å². The molecular weight excluding hydrogens is 474 g/mol. The number of pyridine rings is 1. The van der Waals surface area contributed by atoms with Crippen LogP contribution in [0.2, 0.25) is 0 Å². The molecule has 0 unspecified atom stereocenters. The van der Waals surface area contributed by atoms with E-state index in [1.165, 1.54) is 24.2 Å². The van der Waals surface area contributed by atoms with Crippen molar-refractivity contribution in [2.75, 3.05) is 11.9 Å². The number of urea groups is 1. The third-order valence-electron chi connectivity index (χ3n) is 5.85. The molecule has 1 saturated carbocycles. The van der Waals surface area contributed by atoms with E-state index in [0.717, 1.165) is 44.7 Å². The lowest BCUT2D eigenvalue weighted by atomic mass is 10.0. The zero-order valence-corrected chi connectivity index (χ0v) is 21.3. The van der Waals surface area contributed by atoms with Crippen LogP contribution in [0, 0.1) is 0 Å². The highest BCUT2D eigenvalue weighted by Crippen LogP contribution is 2.38. The first-order valence-electron chi connectivity index (χ1n) is 12.0. The molecule has 4 N–H and O–H groups in total. The molecule has 3 heterocycles. The van der Waals surface area contributed by atoms with Gasteiger partial charge in [-0.1, -0.05) is 11.3 Å². The van der Waals surface area contributed by atoms with E-state index in [2.05, 4.69) is 48.0 Å². The van der Waals surface area contributed by atoms with Gasteiger partial charge in [-0.25, -0.2) is 19.7 Å². The molecule has 2 amide bonds. The summed E-state index contributed by atoms with van der Waals surface area (Å²) in [6.07, 6.45) is 7.70. The molecule has 0 saturated heterocycles. The minimum absolute atomic E-state index is 0.291. The summed E-state index contributed by atoms with van der Waals surface area (Å²) in [7, 11) is 0. The number of amides is 2. The first kappa shape index (κ1) is 24.2. The molecule has 4 aromatic rings. The van der Waals surface area contributed by atoms with E-state index in [1.54, 1.807) is 26.2 Å². The first-order chi connectivity index (χ1) is 17.3. The van der Waals surface area contributed by atoms with Gasteiger partial charge in [0.1, 0.15) is 5.60 Å². The molecule has 0 aliphatic heterocycles. The van der Waals surface area contributed by atoms with Crippen molar-refractivity contribution in [3.05, 3.63) is 54.2 Å². The van der Waals surface area contributed by atoms with E-state index < -0.39 is 5.60 Å². The Balaban J connectivity index is 1.57. The minimum atomic E-state index is -1.12. The molecule has 3 aromatic heterocycles. The zero-order valence-electron chi connectivity index (χ0n) is 20.5. The molecule has 10 heteroatoms. The van der Waals surface area contributed by atoms with Crippen molar-refractivity contribution in [3.63, 3.8) is 0 Å². The third kappa shape index (κ3) is 5.51. The highest BCUT2D eigenvalue weighted by molar-refractivity contribution is 7.22. The van der Waals surface area contributed by atoms with Gasteiger partial charge < -0.3 is 15.7 Å². The number of aromatic nitrogens is 4. The second-order valence-corrected chi connectivity index (χ2v) is 10.4.